The summed E-state index contributed by atoms with van der Waals surface area (Å²) < 4.78 is 0. The summed E-state index contributed by atoms with van der Waals surface area (Å²) in [6.45, 7) is 0. The summed E-state index contributed by atoms with van der Waals surface area (Å²) in [6.07, 6.45) is 3.61. The number of nitrogens with zero attached hydrogens (tertiary/aromatic N) is 4. The molecule has 1 fully saturated rings. The highest BCUT2D eigenvalue weighted by atomic mass is 32.2. The number of carbonyl (C=O) groups is 1. The molecule has 4 rings (SSSR count). The van der Waals surface area contributed by atoms with Gasteiger partial charge in [0, 0.05) is 23.6 Å². The van der Waals surface area contributed by atoms with Gasteiger partial charge >= 0.3 is 0 Å². The predicted molar refractivity (Wildman–Crippen MR) is 118 cm³/mol. The average Bonchev–Trinajstić information content (AvgIpc) is 3.62. The van der Waals surface area contributed by atoms with Gasteiger partial charge in [-0.25, -0.2) is 4.98 Å². The third-order valence-electron chi connectivity index (χ3n) is 4.82. The Morgan fingerprint density at radius 3 is 2.58 bits per heavy atom. The average molecular weight is 427 g/mol. The van der Waals surface area contributed by atoms with Gasteiger partial charge in [0.05, 0.1) is 5.56 Å². The van der Waals surface area contributed by atoms with Crippen molar-refractivity contribution in [3.05, 3.63) is 71.0 Å². The minimum atomic E-state index is -0.181. The number of nitriles is 2. The molecule has 1 aliphatic rings. The normalized spacial score (nSPS) is 12.6. The van der Waals surface area contributed by atoms with Gasteiger partial charge in [0.2, 0.25) is 0 Å². The van der Waals surface area contributed by atoms with Crippen molar-refractivity contribution in [1.82, 2.24) is 15.3 Å². The van der Waals surface area contributed by atoms with Crippen molar-refractivity contribution in [2.75, 3.05) is 5.73 Å². The third kappa shape index (κ3) is 4.50. The Balaban J connectivity index is 1.64. The molecule has 152 valence electrons. The zero-order valence-electron chi connectivity index (χ0n) is 16.5. The van der Waals surface area contributed by atoms with Crippen molar-refractivity contribution in [1.29, 1.82) is 10.5 Å². The number of nitrogens with two attached hydrogens (primary N) is 1. The Bertz CT molecular complexity index is 1230. The van der Waals surface area contributed by atoms with Gasteiger partial charge in [0.1, 0.15) is 34.2 Å². The lowest BCUT2D eigenvalue weighted by molar-refractivity contribution is 0.0946. The standard InChI is InChI=1S/C23H18N6OS/c24-11-17-20(15-4-2-1-3-5-15)18(12-25)23(29-21(17)26)31-13-14-8-9-27-19(10-14)22(30)28-16-6-7-16/h1-5,8-10,16H,6-7,13H2,(H2,26,29)(H,28,30). The second kappa shape index (κ2) is 8.86. The van der Waals surface area contributed by atoms with Gasteiger partial charge in [-0.15, -0.1) is 11.8 Å². The van der Waals surface area contributed by atoms with Crippen LogP contribution in [0.3, 0.4) is 0 Å². The van der Waals surface area contributed by atoms with Crippen molar-refractivity contribution >= 4 is 23.5 Å². The van der Waals surface area contributed by atoms with Crippen LogP contribution in [0, 0.1) is 22.7 Å². The molecule has 2 heterocycles. The van der Waals surface area contributed by atoms with Crippen molar-refractivity contribution in [2.24, 2.45) is 0 Å². The molecule has 1 amide bonds. The van der Waals surface area contributed by atoms with E-state index < -0.39 is 0 Å². The summed E-state index contributed by atoms with van der Waals surface area (Å²) in [5.74, 6) is 0.370. The number of benzene rings is 1. The van der Waals surface area contributed by atoms with E-state index in [1.54, 1.807) is 12.3 Å². The van der Waals surface area contributed by atoms with Crippen LogP contribution in [0.4, 0.5) is 5.82 Å². The lowest BCUT2D eigenvalue weighted by Crippen LogP contribution is -2.26. The lowest BCUT2D eigenvalue weighted by Gasteiger charge is -2.13. The maximum absolute atomic E-state index is 12.3. The molecule has 2 aromatic heterocycles. The largest absolute Gasteiger partial charge is 0.383 e. The number of aromatic nitrogens is 2. The fourth-order valence-electron chi connectivity index (χ4n) is 3.12. The molecule has 0 spiro atoms. The van der Waals surface area contributed by atoms with E-state index in [1.807, 2.05) is 36.4 Å². The number of rotatable bonds is 6. The fraction of sp³-hybridized carbons (Fsp3) is 0.174. The van der Waals surface area contributed by atoms with Gasteiger partial charge in [-0.2, -0.15) is 10.5 Å². The van der Waals surface area contributed by atoms with E-state index in [-0.39, 0.29) is 23.3 Å². The molecule has 1 saturated carbocycles. The van der Waals surface area contributed by atoms with Crippen molar-refractivity contribution in [2.45, 2.75) is 29.7 Å². The molecular formula is C23H18N6OS. The first kappa shape index (κ1) is 20.4. The minimum Gasteiger partial charge on any atom is -0.383 e. The maximum atomic E-state index is 12.3. The Morgan fingerprint density at radius 1 is 1.16 bits per heavy atom. The molecule has 0 aliphatic heterocycles. The Hall–Kier alpha value is -3.88. The summed E-state index contributed by atoms with van der Waals surface area (Å²) >= 11 is 1.33. The number of thioether (sulfide) groups is 1. The summed E-state index contributed by atoms with van der Waals surface area (Å²) in [4.78, 5) is 20.7. The highest BCUT2D eigenvalue weighted by Gasteiger charge is 2.24. The van der Waals surface area contributed by atoms with Crippen LogP contribution >= 0.6 is 11.8 Å². The van der Waals surface area contributed by atoms with Crippen LogP contribution in [-0.2, 0) is 5.75 Å². The van der Waals surface area contributed by atoms with E-state index in [9.17, 15) is 15.3 Å². The Kier molecular flexibility index (Phi) is 5.83. The number of hydrogen-bond acceptors (Lipinski definition) is 7. The van der Waals surface area contributed by atoms with Gasteiger partial charge in [-0.1, -0.05) is 30.3 Å². The van der Waals surface area contributed by atoms with Crippen molar-refractivity contribution in [3.8, 4) is 23.3 Å². The van der Waals surface area contributed by atoms with Gasteiger partial charge in [-0.3, -0.25) is 9.78 Å². The number of amides is 1. The molecule has 0 radical (unpaired) electrons. The number of hydrogen-bond donors (Lipinski definition) is 2. The first-order valence-corrected chi connectivity index (χ1v) is 10.7. The van der Waals surface area contributed by atoms with E-state index in [0.29, 0.717) is 27.6 Å². The van der Waals surface area contributed by atoms with Gasteiger partial charge in [-0.05, 0) is 36.1 Å². The van der Waals surface area contributed by atoms with Crippen LogP contribution in [0.5, 0.6) is 0 Å². The van der Waals surface area contributed by atoms with E-state index in [0.717, 1.165) is 24.0 Å². The minimum absolute atomic E-state index is 0.0853. The molecule has 0 bridgehead atoms. The molecule has 0 unspecified atom stereocenters. The fourth-order valence-corrected chi connectivity index (χ4v) is 4.06. The first-order chi connectivity index (χ1) is 15.1. The quantitative estimate of drug-likeness (QED) is 0.576. The zero-order valence-corrected chi connectivity index (χ0v) is 17.3. The smallest absolute Gasteiger partial charge is 0.270 e. The molecule has 0 atom stereocenters. The summed E-state index contributed by atoms with van der Waals surface area (Å²) in [5, 5.41) is 22.8. The summed E-state index contributed by atoms with van der Waals surface area (Å²) in [6, 6.07) is 17.3. The van der Waals surface area contributed by atoms with Crippen molar-refractivity contribution in [3.63, 3.8) is 0 Å². The summed E-state index contributed by atoms with van der Waals surface area (Å²) in [5.41, 5.74) is 9.01. The Morgan fingerprint density at radius 2 is 1.90 bits per heavy atom. The van der Waals surface area contributed by atoms with Crippen LogP contribution in [0.25, 0.3) is 11.1 Å². The van der Waals surface area contributed by atoms with Crippen LogP contribution in [0.1, 0.15) is 40.0 Å². The first-order valence-electron chi connectivity index (χ1n) is 9.68. The van der Waals surface area contributed by atoms with Gasteiger partial charge in [0.15, 0.2) is 0 Å². The molecular weight excluding hydrogens is 408 g/mol. The lowest BCUT2D eigenvalue weighted by atomic mass is 9.97. The van der Waals surface area contributed by atoms with E-state index in [1.165, 1.54) is 11.8 Å². The SMILES string of the molecule is N#Cc1c(N)nc(SCc2ccnc(C(=O)NC3CC3)c2)c(C#N)c1-c1ccccc1. The van der Waals surface area contributed by atoms with Crippen LogP contribution < -0.4 is 11.1 Å². The second-order valence-electron chi connectivity index (χ2n) is 7.10. The predicted octanol–water partition coefficient (Wildman–Crippen LogP) is 3.65. The molecule has 3 N–H and O–H groups in total. The number of nitrogens with one attached hydrogen (secondary N) is 1. The Labute approximate surface area is 183 Å². The molecule has 7 nitrogen and oxygen atoms in total. The molecule has 1 aromatic carbocycles. The number of anilines is 1. The molecule has 0 saturated heterocycles. The van der Waals surface area contributed by atoms with Gasteiger partial charge in [0.25, 0.3) is 5.91 Å². The maximum Gasteiger partial charge on any atom is 0.270 e. The molecule has 3 aromatic rings. The second-order valence-corrected chi connectivity index (χ2v) is 8.07. The van der Waals surface area contributed by atoms with E-state index in [4.69, 9.17) is 5.73 Å². The highest BCUT2D eigenvalue weighted by molar-refractivity contribution is 7.98. The summed E-state index contributed by atoms with van der Waals surface area (Å²) in [7, 11) is 0. The molecule has 31 heavy (non-hydrogen) atoms. The number of carbonyl (C=O) groups excluding carboxylic acids is 1. The van der Waals surface area contributed by atoms with Crippen LogP contribution in [0.15, 0.2) is 53.7 Å². The number of nitrogen functional groups attached to an aromatic ring is 1. The van der Waals surface area contributed by atoms with Gasteiger partial charge < -0.3 is 11.1 Å². The topological polar surface area (TPSA) is 128 Å². The van der Waals surface area contributed by atoms with E-state index in [2.05, 4.69) is 27.4 Å². The molecule has 8 heteroatoms. The van der Waals surface area contributed by atoms with Crippen LogP contribution in [-0.4, -0.2) is 21.9 Å². The number of pyridine rings is 2. The molecule has 1 aliphatic carbocycles. The van der Waals surface area contributed by atoms with Crippen LogP contribution in [0.2, 0.25) is 0 Å². The zero-order chi connectivity index (χ0) is 21.8. The third-order valence-corrected chi connectivity index (χ3v) is 5.87. The monoisotopic (exact) mass is 426 g/mol. The highest BCUT2D eigenvalue weighted by Crippen LogP contribution is 2.36. The van der Waals surface area contributed by atoms with Crippen molar-refractivity contribution < 1.29 is 4.79 Å². The van der Waals surface area contributed by atoms with E-state index >= 15 is 0 Å².